The molecule has 2 rings (SSSR count). The predicted octanol–water partition coefficient (Wildman–Crippen LogP) is 1.86. The Morgan fingerprint density at radius 2 is 2.44 bits per heavy atom. The standard InChI is InChI=1S/C12H19N3O2S/c1-3-13-11-6-9(7-16-2)14-12(15-11)10-8-18-5-4-17-10/h6,10H,3-5,7-8H2,1-2H3,(H,13,14,15). The molecule has 0 radical (unpaired) electrons. The van der Waals surface area contributed by atoms with Gasteiger partial charge in [-0.05, 0) is 6.92 Å². The Labute approximate surface area is 112 Å². The van der Waals surface area contributed by atoms with E-state index in [0.717, 1.165) is 42.0 Å². The lowest BCUT2D eigenvalue weighted by atomic mass is 10.3. The maximum atomic E-state index is 5.72. The molecule has 0 spiro atoms. The van der Waals surface area contributed by atoms with Crippen molar-refractivity contribution < 1.29 is 9.47 Å². The molecular weight excluding hydrogens is 250 g/mol. The molecule has 1 fully saturated rings. The molecule has 0 aromatic carbocycles. The normalized spacial score (nSPS) is 19.8. The number of nitrogens with one attached hydrogen (secondary N) is 1. The molecule has 1 aliphatic rings. The van der Waals surface area contributed by atoms with E-state index in [9.17, 15) is 0 Å². The third-order valence-corrected chi connectivity index (χ3v) is 3.54. The number of anilines is 1. The quantitative estimate of drug-likeness (QED) is 0.880. The third-order valence-electron chi connectivity index (χ3n) is 2.55. The molecule has 100 valence electrons. The number of methoxy groups -OCH3 is 1. The molecule has 1 saturated heterocycles. The van der Waals surface area contributed by atoms with Crippen LogP contribution in [0.15, 0.2) is 6.07 Å². The lowest BCUT2D eigenvalue weighted by molar-refractivity contribution is 0.0689. The summed E-state index contributed by atoms with van der Waals surface area (Å²) in [5, 5.41) is 3.22. The van der Waals surface area contributed by atoms with Crippen LogP contribution >= 0.6 is 11.8 Å². The van der Waals surface area contributed by atoms with E-state index in [0.29, 0.717) is 6.61 Å². The van der Waals surface area contributed by atoms with Gasteiger partial charge in [0.15, 0.2) is 5.82 Å². The summed E-state index contributed by atoms with van der Waals surface area (Å²) in [6.45, 7) is 4.14. The molecule has 1 N–H and O–H groups in total. The molecule has 0 bridgehead atoms. The van der Waals surface area contributed by atoms with Crippen molar-refractivity contribution in [3.63, 3.8) is 0 Å². The Bertz CT molecular complexity index is 359. The summed E-state index contributed by atoms with van der Waals surface area (Å²) >= 11 is 1.88. The van der Waals surface area contributed by atoms with Crippen molar-refractivity contribution >= 4 is 17.6 Å². The largest absolute Gasteiger partial charge is 0.378 e. The summed E-state index contributed by atoms with van der Waals surface area (Å²) < 4.78 is 10.9. The molecule has 1 aromatic heterocycles. The molecule has 6 heteroatoms. The maximum Gasteiger partial charge on any atom is 0.160 e. The van der Waals surface area contributed by atoms with Gasteiger partial charge in [0.25, 0.3) is 0 Å². The average Bonchev–Trinajstić information content (AvgIpc) is 2.40. The van der Waals surface area contributed by atoms with Crippen LogP contribution in [-0.2, 0) is 16.1 Å². The number of rotatable bonds is 5. The zero-order valence-electron chi connectivity index (χ0n) is 10.8. The fraction of sp³-hybridized carbons (Fsp3) is 0.667. The van der Waals surface area contributed by atoms with Crippen molar-refractivity contribution in [2.75, 3.05) is 37.1 Å². The highest BCUT2D eigenvalue weighted by molar-refractivity contribution is 7.99. The first-order valence-electron chi connectivity index (χ1n) is 6.13. The van der Waals surface area contributed by atoms with E-state index >= 15 is 0 Å². The first-order chi connectivity index (χ1) is 8.83. The van der Waals surface area contributed by atoms with Crippen LogP contribution in [0.25, 0.3) is 0 Å². The van der Waals surface area contributed by atoms with Gasteiger partial charge in [-0.15, -0.1) is 0 Å². The summed E-state index contributed by atoms with van der Waals surface area (Å²) in [4.78, 5) is 9.03. The number of thioether (sulfide) groups is 1. The van der Waals surface area contributed by atoms with Crippen LogP contribution in [-0.4, -0.2) is 41.7 Å². The fourth-order valence-corrected chi connectivity index (χ4v) is 2.63. The molecule has 0 saturated carbocycles. The van der Waals surface area contributed by atoms with Crippen molar-refractivity contribution in [1.29, 1.82) is 0 Å². The summed E-state index contributed by atoms with van der Waals surface area (Å²) in [7, 11) is 1.67. The van der Waals surface area contributed by atoms with Crippen molar-refractivity contribution in [2.24, 2.45) is 0 Å². The van der Waals surface area contributed by atoms with Crippen LogP contribution in [0, 0.1) is 0 Å². The molecule has 1 atom stereocenters. The first kappa shape index (κ1) is 13.6. The van der Waals surface area contributed by atoms with Gasteiger partial charge >= 0.3 is 0 Å². The van der Waals surface area contributed by atoms with Crippen molar-refractivity contribution in [3.05, 3.63) is 17.6 Å². The van der Waals surface area contributed by atoms with Crippen molar-refractivity contribution in [3.8, 4) is 0 Å². The Kier molecular flexibility index (Phi) is 5.22. The van der Waals surface area contributed by atoms with E-state index in [-0.39, 0.29) is 6.10 Å². The third kappa shape index (κ3) is 3.57. The Morgan fingerprint density at radius 3 is 3.11 bits per heavy atom. The SMILES string of the molecule is CCNc1cc(COC)nc(C2CSCCO2)n1. The van der Waals surface area contributed by atoms with E-state index in [4.69, 9.17) is 9.47 Å². The van der Waals surface area contributed by atoms with Crippen LogP contribution in [0.2, 0.25) is 0 Å². The van der Waals surface area contributed by atoms with Gasteiger partial charge in [-0.1, -0.05) is 0 Å². The second-order valence-electron chi connectivity index (χ2n) is 4.00. The molecule has 1 aromatic rings. The number of hydrogen-bond donors (Lipinski definition) is 1. The highest BCUT2D eigenvalue weighted by Gasteiger charge is 2.20. The second kappa shape index (κ2) is 6.92. The Morgan fingerprint density at radius 1 is 1.56 bits per heavy atom. The second-order valence-corrected chi connectivity index (χ2v) is 5.15. The van der Waals surface area contributed by atoms with Crippen LogP contribution in [0.5, 0.6) is 0 Å². The minimum Gasteiger partial charge on any atom is -0.378 e. The molecule has 1 aliphatic heterocycles. The molecule has 18 heavy (non-hydrogen) atoms. The van der Waals surface area contributed by atoms with Gasteiger partial charge in [0.1, 0.15) is 11.9 Å². The predicted molar refractivity (Wildman–Crippen MR) is 72.9 cm³/mol. The number of ether oxygens (including phenoxy) is 2. The molecule has 0 aliphatic carbocycles. The zero-order valence-corrected chi connectivity index (χ0v) is 11.6. The van der Waals surface area contributed by atoms with Gasteiger partial charge in [0, 0.05) is 31.2 Å². The van der Waals surface area contributed by atoms with E-state index in [1.165, 1.54) is 0 Å². The molecule has 2 heterocycles. The lowest BCUT2D eigenvalue weighted by Gasteiger charge is -2.21. The fourth-order valence-electron chi connectivity index (χ4n) is 1.79. The van der Waals surface area contributed by atoms with Gasteiger partial charge in [-0.2, -0.15) is 11.8 Å². The van der Waals surface area contributed by atoms with E-state index < -0.39 is 0 Å². The maximum absolute atomic E-state index is 5.72. The average molecular weight is 269 g/mol. The first-order valence-corrected chi connectivity index (χ1v) is 7.29. The zero-order chi connectivity index (χ0) is 12.8. The van der Waals surface area contributed by atoms with Crippen molar-refractivity contribution in [1.82, 2.24) is 9.97 Å². The summed E-state index contributed by atoms with van der Waals surface area (Å²) in [5.41, 5.74) is 0.887. The number of aromatic nitrogens is 2. The number of nitrogens with zero attached hydrogens (tertiary/aromatic N) is 2. The molecule has 0 amide bonds. The van der Waals surface area contributed by atoms with Crippen LogP contribution in [0.3, 0.4) is 0 Å². The van der Waals surface area contributed by atoms with Crippen molar-refractivity contribution in [2.45, 2.75) is 19.6 Å². The van der Waals surface area contributed by atoms with Crippen LogP contribution in [0.1, 0.15) is 24.5 Å². The number of hydrogen-bond acceptors (Lipinski definition) is 6. The van der Waals surface area contributed by atoms with E-state index in [1.807, 2.05) is 24.8 Å². The van der Waals surface area contributed by atoms with Crippen LogP contribution in [0.4, 0.5) is 5.82 Å². The van der Waals surface area contributed by atoms with Gasteiger partial charge in [-0.3, -0.25) is 0 Å². The highest BCUT2D eigenvalue weighted by atomic mass is 32.2. The van der Waals surface area contributed by atoms with Crippen LogP contribution < -0.4 is 5.32 Å². The summed E-state index contributed by atoms with van der Waals surface area (Å²) in [5.74, 6) is 3.57. The molecular formula is C12H19N3O2S. The molecule has 1 unspecified atom stereocenters. The van der Waals surface area contributed by atoms with E-state index in [1.54, 1.807) is 7.11 Å². The lowest BCUT2D eigenvalue weighted by Crippen LogP contribution is -2.19. The Hall–Kier alpha value is -0.850. The van der Waals surface area contributed by atoms with Gasteiger partial charge in [0.2, 0.25) is 0 Å². The smallest absolute Gasteiger partial charge is 0.160 e. The minimum absolute atomic E-state index is 0.00189. The van der Waals surface area contributed by atoms with Gasteiger partial charge in [0.05, 0.1) is 18.9 Å². The Balaban J connectivity index is 2.20. The topological polar surface area (TPSA) is 56.3 Å². The summed E-state index contributed by atoms with van der Waals surface area (Å²) in [6.07, 6.45) is -0.00189. The van der Waals surface area contributed by atoms with E-state index in [2.05, 4.69) is 15.3 Å². The highest BCUT2D eigenvalue weighted by Crippen LogP contribution is 2.25. The monoisotopic (exact) mass is 269 g/mol. The van der Waals surface area contributed by atoms with Gasteiger partial charge in [-0.25, -0.2) is 9.97 Å². The molecule has 5 nitrogen and oxygen atoms in total. The summed E-state index contributed by atoms with van der Waals surface area (Å²) in [6, 6.07) is 1.92. The van der Waals surface area contributed by atoms with Gasteiger partial charge < -0.3 is 14.8 Å². The minimum atomic E-state index is -0.00189.